The van der Waals surface area contributed by atoms with Crippen LogP contribution >= 0.6 is 0 Å². The lowest BCUT2D eigenvalue weighted by Crippen LogP contribution is -2.30. The number of hydrogen-bond donors (Lipinski definition) is 0. The second-order valence-electron chi connectivity index (χ2n) is 3.63. The van der Waals surface area contributed by atoms with Crippen LogP contribution in [0.25, 0.3) is 0 Å². The second-order valence-corrected chi connectivity index (χ2v) is 3.63. The Morgan fingerprint density at radius 1 is 1.64 bits per heavy atom. The van der Waals surface area contributed by atoms with E-state index in [0.717, 1.165) is 12.6 Å². The van der Waals surface area contributed by atoms with Crippen molar-refractivity contribution >= 4 is 0 Å². The number of nitrogens with zero attached hydrogens (tertiary/aromatic N) is 1. The van der Waals surface area contributed by atoms with Gasteiger partial charge in [-0.15, -0.1) is 0 Å². The van der Waals surface area contributed by atoms with Gasteiger partial charge in [-0.05, 0) is 32.7 Å². The molecule has 1 aliphatic rings. The van der Waals surface area contributed by atoms with Crippen molar-refractivity contribution in [3.05, 3.63) is 12.2 Å². The highest BCUT2D eigenvalue weighted by atomic mass is 15.2. The van der Waals surface area contributed by atoms with Gasteiger partial charge in [0.15, 0.2) is 0 Å². The molecule has 1 heterocycles. The summed E-state index contributed by atoms with van der Waals surface area (Å²) in [4.78, 5) is 2.56. The van der Waals surface area contributed by atoms with E-state index >= 15 is 0 Å². The van der Waals surface area contributed by atoms with E-state index in [1.54, 1.807) is 0 Å². The minimum atomic E-state index is 0.840. The summed E-state index contributed by atoms with van der Waals surface area (Å²) in [5.74, 6) is 0. The van der Waals surface area contributed by atoms with Crippen molar-refractivity contribution in [3.8, 4) is 0 Å². The van der Waals surface area contributed by atoms with Gasteiger partial charge in [0.2, 0.25) is 0 Å². The maximum atomic E-state index is 3.95. The van der Waals surface area contributed by atoms with Crippen LogP contribution in [0.4, 0.5) is 0 Å². The van der Waals surface area contributed by atoms with Gasteiger partial charge in [-0.25, -0.2) is 0 Å². The first-order valence-corrected chi connectivity index (χ1v) is 4.62. The number of rotatable bonds is 3. The van der Waals surface area contributed by atoms with Crippen molar-refractivity contribution in [3.63, 3.8) is 0 Å². The SMILES string of the molecule is C=C(C)CN1CCCC1CC. The first-order valence-electron chi connectivity index (χ1n) is 4.62. The standard InChI is InChI=1S/C10H19N/c1-4-10-6-5-7-11(10)8-9(2)3/h10H,2,4-8H2,1,3H3. The fourth-order valence-electron chi connectivity index (χ4n) is 1.91. The molecule has 1 nitrogen and oxygen atoms in total. The lowest BCUT2D eigenvalue weighted by atomic mass is 10.1. The molecule has 0 spiro atoms. The van der Waals surface area contributed by atoms with Gasteiger partial charge in [0, 0.05) is 12.6 Å². The van der Waals surface area contributed by atoms with Crippen LogP contribution in [0.1, 0.15) is 33.1 Å². The van der Waals surface area contributed by atoms with E-state index in [2.05, 4.69) is 25.3 Å². The summed E-state index contributed by atoms with van der Waals surface area (Å²) < 4.78 is 0. The predicted octanol–water partition coefficient (Wildman–Crippen LogP) is 2.44. The van der Waals surface area contributed by atoms with Gasteiger partial charge >= 0.3 is 0 Å². The molecule has 0 N–H and O–H groups in total. The first-order chi connectivity index (χ1) is 5.24. The number of likely N-dealkylation sites (tertiary alicyclic amines) is 1. The van der Waals surface area contributed by atoms with Gasteiger partial charge in [-0.3, -0.25) is 4.90 Å². The molecule has 0 aromatic carbocycles. The highest BCUT2D eigenvalue weighted by Gasteiger charge is 2.21. The fraction of sp³-hybridized carbons (Fsp3) is 0.800. The molecular weight excluding hydrogens is 134 g/mol. The number of hydrogen-bond acceptors (Lipinski definition) is 1. The van der Waals surface area contributed by atoms with E-state index in [-0.39, 0.29) is 0 Å². The van der Waals surface area contributed by atoms with E-state index in [1.807, 2.05) is 0 Å². The topological polar surface area (TPSA) is 3.24 Å². The van der Waals surface area contributed by atoms with Crippen molar-refractivity contribution < 1.29 is 0 Å². The van der Waals surface area contributed by atoms with Crippen LogP contribution in [-0.2, 0) is 0 Å². The Balaban J connectivity index is 2.37. The fourth-order valence-corrected chi connectivity index (χ4v) is 1.91. The van der Waals surface area contributed by atoms with Crippen molar-refractivity contribution in [2.24, 2.45) is 0 Å². The van der Waals surface area contributed by atoms with Gasteiger partial charge < -0.3 is 0 Å². The monoisotopic (exact) mass is 153 g/mol. The summed E-state index contributed by atoms with van der Waals surface area (Å²) >= 11 is 0. The summed E-state index contributed by atoms with van der Waals surface area (Å²) in [7, 11) is 0. The van der Waals surface area contributed by atoms with Gasteiger partial charge in [-0.1, -0.05) is 19.1 Å². The quantitative estimate of drug-likeness (QED) is 0.563. The van der Waals surface area contributed by atoms with Crippen LogP contribution < -0.4 is 0 Å². The highest BCUT2D eigenvalue weighted by molar-refractivity contribution is 4.94. The van der Waals surface area contributed by atoms with Crippen LogP contribution in [-0.4, -0.2) is 24.0 Å². The third-order valence-corrected chi connectivity index (χ3v) is 2.44. The Labute approximate surface area is 70.1 Å². The summed E-state index contributed by atoms with van der Waals surface area (Å²) in [6.07, 6.45) is 4.07. The molecule has 0 saturated carbocycles. The molecule has 0 aromatic rings. The molecular formula is C10H19N. The molecule has 1 rings (SSSR count). The smallest absolute Gasteiger partial charge is 0.0190 e. The largest absolute Gasteiger partial charge is 0.296 e. The average molecular weight is 153 g/mol. The molecule has 0 amide bonds. The van der Waals surface area contributed by atoms with Gasteiger partial charge in [0.25, 0.3) is 0 Å². The van der Waals surface area contributed by atoms with Crippen LogP contribution in [0.5, 0.6) is 0 Å². The lowest BCUT2D eigenvalue weighted by molar-refractivity contribution is 0.269. The first kappa shape index (κ1) is 8.79. The molecule has 1 aliphatic heterocycles. The molecule has 1 unspecified atom stereocenters. The van der Waals surface area contributed by atoms with E-state index in [4.69, 9.17) is 0 Å². The van der Waals surface area contributed by atoms with Crippen molar-refractivity contribution in [2.45, 2.75) is 39.2 Å². The van der Waals surface area contributed by atoms with Crippen LogP contribution in [0.3, 0.4) is 0 Å². The molecule has 0 bridgehead atoms. The highest BCUT2D eigenvalue weighted by Crippen LogP contribution is 2.20. The Morgan fingerprint density at radius 3 is 2.91 bits per heavy atom. The predicted molar refractivity (Wildman–Crippen MR) is 49.7 cm³/mol. The van der Waals surface area contributed by atoms with E-state index in [1.165, 1.54) is 31.4 Å². The summed E-state index contributed by atoms with van der Waals surface area (Å²) in [6.45, 7) is 10.7. The molecule has 1 saturated heterocycles. The van der Waals surface area contributed by atoms with Gasteiger partial charge in [0.1, 0.15) is 0 Å². The molecule has 64 valence electrons. The normalized spacial score (nSPS) is 25.8. The van der Waals surface area contributed by atoms with Crippen LogP contribution in [0, 0.1) is 0 Å². The van der Waals surface area contributed by atoms with Gasteiger partial charge in [-0.2, -0.15) is 0 Å². The average Bonchev–Trinajstić information content (AvgIpc) is 2.34. The Kier molecular flexibility index (Phi) is 3.13. The van der Waals surface area contributed by atoms with Crippen molar-refractivity contribution in [2.75, 3.05) is 13.1 Å². The zero-order chi connectivity index (χ0) is 8.27. The molecule has 1 atom stereocenters. The second kappa shape index (κ2) is 3.91. The summed E-state index contributed by atoms with van der Waals surface area (Å²) in [5.41, 5.74) is 1.30. The van der Waals surface area contributed by atoms with Crippen LogP contribution in [0.2, 0.25) is 0 Å². The molecule has 1 fully saturated rings. The van der Waals surface area contributed by atoms with Crippen LogP contribution in [0.15, 0.2) is 12.2 Å². The third-order valence-electron chi connectivity index (χ3n) is 2.44. The van der Waals surface area contributed by atoms with E-state index in [9.17, 15) is 0 Å². The van der Waals surface area contributed by atoms with Crippen molar-refractivity contribution in [1.29, 1.82) is 0 Å². The summed E-state index contributed by atoms with van der Waals surface area (Å²) in [6, 6.07) is 0.840. The van der Waals surface area contributed by atoms with Gasteiger partial charge in [0.05, 0.1) is 0 Å². The molecule has 0 radical (unpaired) electrons. The van der Waals surface area contributed by atoms with Crippen molar-refractivity contribution in [1.82, 2.24) is 4.90 Å². The summed E-state index contributed by atoms with van der Waals surface area (Å²) in [5, 5.41) is 0. The zero-order valence-electron chi connectivity index (χ0n) is 7.77. The lowest BCUT2D eigenvalue weighted by Gasteiger charge is -2.22. The minimum absolute atomic E-state index is 0.840. The van der Waals surface area contributed by atoms with E-state index in [0.29, 0.717) is 0 Å². The molecule has 0 aliphatic carbocycles. The Bertz CT molecular complexity index is 140. The minimum Gasteiger partial charge on any atom is -0.296 e. The zero-order valence-corrected chi connectivity index (χ0v) is 7.77. The maximum Gasteiger partial charge on any atom is 0.0190 e. The van der Waals surface area contributed by atoms with E-state index < -0.39 is 0 Å². The Morgan fingerprint density at radius 2 is 2.36 bits per heavy atom. The molecule has 11 heavy (non-hydrogen) atoms. The molecule has 0 aromatic heterocycles. The third kappa shape index (κ3) is 2.33. The Hall–Kier alpha value is -0.300. The molecule has 1 heteroatoms. The maximum absolute atomic E-state index is 3.95.